The lowest BCUT2D eigenvalue weighted by molar-refractivity contribution is -0.340. The van der Waals surface area contributed by atoms with Crippen molar-refractivity contribution in [3.63, 3.8) is 0 Å². The van der Waals surface area contributed by atoms with Crippen LogP contribution in [0.2, 0.25) is 0 Å². The van der Waals surface area contributed by atoms with Crippen LogP contribution < -0.4 is 0 Å². The fourth-order valence-corrected chi connectivity index (χ4v) is 10.8. The topological polar surface area (TPSA) is 100 Å². The zero-order chi connectivity index (χ0) is 34.8. The molecule has 0 amide bonds. The van der Waals surface area contributed by atoms with Crippen LogP contribution in [0, 0.1) is 35.5 Å². The average Bonchev–Trinajstić information content (AvgIpc) is 3.78. The third-order valence-electron chi connectivity index (χ3n) is 13.8. The number of esters is 1. The number of ether oxygens (including phenoxy) is 9. The van der Waals surface area contributed by atoms with Crippen molar-refractivity contribution in [3.8, 4) is 0 Å². The molecular formula is C38H64O10. The Labute approximate surface area is 288 Å². The van der Waals surface area contributed by atoms with Gasteiger partial charge in [0.1, 0.15) is 6.61 Å². The molecule has 17 unspecified atom stereocenters. The molecule has 0 saturated carbocycles. The van der Waals surface area contributed by atoms with E-state index in [1.54, 1.807) is 21.3 Å². The van der Waals surface area contributed by atoms with Crippen molar-refractivity contribution in [2.75, 3.05) is 27.9 Å². The lowest BCUT2D eigenvalue weighted by atomic mass is 9.78. The second kappa shape index (κ2) is 13.6. The van der Waals surface area contributed by atoms with Crippen molar-refractivity contribution >= 4 is 5.97 Å². The van der Waals surface area contributed by atoms with Crippen LogP contribution in [0.15, 0.2) is 0 Å². The number of methoxy groups -OCH3 is 3. The van der Waals surface area contributed by atoms with E-state index in [2.05, 4.69) is 48.5 Å². The summed E-state index contributed by atoms with van der Waals surface area (Å²) in [6.45, 7) is 17.2. The van der Waals surface area contributed by atoms with Gasteiger partial charge in [-0.05, 0) is 64.2 Å². The van der Waals surface area contributed by atoms with E-state index in [1.165, 1.54) is 0 Å². The summed E-state index contributed by atoms with van der Waals surface area (Å²) < 4.78 is 59.8. The Balaban J connectivity index is 1.37. The van der Waals surface area contributed by atoms with Crippen LogP contribution in [0.25, 0.3) is 0 Å². The van der Waals surface area contributed by atoms with Crippen molar-refractivity contribution in [1.82, 2.24) is 0 Å². The number of carbonyl (C=O) groups excluding carboxylic acids is 1. The van der Waals surface area contributed by atoms with Crippen molar-refractivity contribution in [2.24, 2.45) is 35.5 Å². The molecule has 0 aromatic heterocycles. The maximum absolute atomic E-state index is 13.8. The second-order valence-corrected chi connectivity index (χ2v) is 16.8. The summed E-state index contributed by atoms with van der Waals surface area (Å²) >= 11 is 0. The van der Waals surface area contributed by atoms with E-state index in [0.29, 0.717) is 6.42 Å². The zero-order valence-corrected chi connectivity index (χ0v) is 31.5. The highest BCUT2D eigenvalue weighted by Crippen LogP contribution is 2.55. The van der Waals surface area contributed by atoms with Gasteiger partial charge in [0.2, 0.25) is 5.79 Å². The molecule has 6 heterocycles. The molecule has 0 radical (unpaired) electrons. The van der Waals surface area contributed by atoms with Crippen molar-refractivity contribution in [3.05, 3.63) is 0 Å². The minimum absolute atomic E-state index is 0.00508. The molecule has 6 fully saturated rings. The quantitative estimate of drug-likeness (QED) is 0.257. The summed E-state index contributed by atoms with van der Waals surface area (Å²) in [5.41, 5.74) is -0.921. The van der Waals surface area contributed by atoms with E-state index in [4.69, 9.17) is 42.6 Å². The Morgan fingerprint density at radius 2 is 1.60 bits per heavy atom. The first-order chi connectivity index (χ1) is 22.7. The van der Waals surface area contributed by atoms with Gasteiger partial charge in [0.05, 0.1) is 59.8 Å². The van der Waals surface area contributed by atoms with Crippen LogP contribution in [0.1, 0.15) is 107 Å². The molecule has 6 saturated heterocycles. The molecule has 10 heteroatoms. The van der Waals surface area contributed by atoms with Gasteiger partial charge < -0.3 is 42.6 Å². The van der Waals surface area contributed by atoms with Gasteiger partial charge in [-0.2, -0.15) is 0 Å². The van der Waals surface area contributed by atoms with Crippen LogP contribution in [0.4, 0.5) is 0 Å². The normalized spacial score (nSPS) is 54.6. The summed E-state index contributed by atoms with van der Waals surface area (Å²) in [5, 5.41) is 0. The van der Waals surface area contributed by atoms with Gasteiger partial charge in [-0.25, -0.2) is 0 Å². The van der Waals surface area contributed by atoms with E-state index >= 15 is 0 Å². The van der Waals surface area contributed by atoms with Crippen LogP contribution in [0.3, 0.4) is 0 Å². The van der Waals surface area contributed by atoms with Gasteiger partial charge >= 0.3 is 5.97 Å². The third kappa shape index (κ3) is 6.10. The summed E-state index contributed by atoms with van der Waals surface area (Å²) in [6.07, 6.45) is 5.40. The van der Waals surface area contributed by atoms with E-state index in [1.807, 2.05) is 6.92 Å². The molecule has 17 atom stereocenters. The highest BCUT2D eigenvalue weighted by atomic mass is 16.7. The third-order valence-corrected chi connectivity index (χ3v) is 13.8. The molecule has 1 spiro atoms. The highest BCUT2D eigenvalue weighted by Gasteiger charge is 2.62. The van der Waals surface area contributed by atoms with Gasteiger partial charge in [0.25, 0.3) is 0 Å². The number of cyclic esters (lactones) is 1. The molecule has 0 aromatic carbocycles. The van der Waals surface area contributed by atoms with Crippen LogP contribution in [-0.2, 0) is 47.4 Å². The predicted molar refractivity (Wildman–Crippen MR) is 178 cm³/mol. The van der Waals surface area contributed by atoms with Crippen molar-refractivity contribution in [2.45, 2.75) is 172 Å². The summed E-state index contributed by atoms with van der Waals surface area (Å²) in [5.74, 6) is -2.33. The van der Waals surface area contributed by atoms with E-state index in [9.17, 15) is 4.79 Å². The summed E-state index contributed by atoms with van der Waals surface area (Å²) in [7, 11) is 5.08. The van der Waals surface area contributed by atoms with E-state index in [-0.39, 0.29) is 78.8 Å². The molecule has 0 aliphatic carbocycles. The van der Waals surface area contributed by atoms with Gasteiger partial charge in [-0.1, -0.05) is 41.5 Å². The first-order valence-corrected chi connectivity index (χ1v) is 18.9. The number of carbonyl (C=O) groups is 1. The Hall–Kier alpha value is -0.850. The fourth-order valence-electron chi connectivity index (χ4n) is 10.8. The SMILES string of the molecule is CCC12CCC(O1)C1(C)CCC3(CC(OC)C(C)C(O3)C(C)C(OC)C(C)C(=O)OCC3(OC)OC(C(C)CC3C)C3CC(C)C2O3)O1. The second-order valence-electron chi connectivity index (χ2n) is 16.8. The van der Waals surface area contributed by atoms with Crippen LogP contribution >= 0.6 is 0 Å². The number of hydrogen-bond acceptors (Lipinski definition) is 10. The Morgan fingerprint density at radius 1 is 0.854 bits per heavy atom. The monoisotopic (exact) mass is 680 g/mol. The molecule has 10 nitrogen and oxygen atoms in total. The van der Waals surface area contributed by atoms with Gasteiger partial charge in [-0.15, -0.1) is 0 Å². The number of rotatable bonds is 4. The first kappa shape index (κ1) is 36.9. The van der Waals surface area contributed by atoms with Gasteiger partial charge in [-0.3, -0.25) is 4.79 Å². The Kier molecular flexibility index (Phi) is 10.5. The molecule has 6 aliphatic rings. The molecule has 0 N–H and O–H groups in total. The highest BCUT2D eigenvalue weighted by molar-refractivity contribution is 5.72. The Morgan fingerprint density at radius 3 is 2.27 bits per heavy atom. The van der Waals surface area contributed by atoms with Crippen LogP contribution in [-0.4, -0.2) is 99.4 Å². The maximum atomic E-state index is 13.8. The Bertz CT molecular complexity index is 1150. The van der Waals surface area contributed by atoms with E-state index in [0.717, 1.165) is 44.9 Å². The average molecular weight is 681 g/mol. The smallest absolute Gasteiger partial charge is 0.311 e. The largest absolute Gasteiger partial charge is 0.460 e. The minimum Gasteiger partial charge on any atom is -0.460 e. The lowest BCUT2D eigenvalue weighted by Gasteiger charge is -2.50. The van der Waals surface area contributed by atoms with Gasteiger partial charge in [0.15, 0.2) is 5.79 Å². The summed E-state index contributed by atoms with van der Waals surface area (Å²) in [6, 6.07) is 0. The molecule has 276 valence electrons. The lowest BCUT2D eigenvalue weighted by Crippen LogP contribution is -2.58. The zero-order valence-electron chi connectivity index (χ0n) is 31.5. The first-order valence-electron chi connectivity index (χ1n) is 18.9. The van der Waals surface area contributed by atoms with Crippen molar-refractivity contribution in [1.29, 1.82) is 0 Å². The maximum Gasteiger partial charge on any atom is 0.311 e. The number of hydrogen-bond donors (Lipinski definition) is 0. The van der Waals surface area contributed by atoms with Crippen LogP contribution in [0.5, 0.6) is 0 Å². The predicted octanol–water partition coefficient (Wildman–Crippen LogP) is 6.06. The number of fused-ring (bicyclic) bond motifs is 11. The van der Waals surface area contributed by atoms with Crippen molar-refractivity contribution < 1.29 is 47.4 Å². The molecular weight excluding hydrogens is 616 g/mol. The standard InChI is InChI=1S/C38H64O10/c1-12-36-14-13-29(45-36)35(8)15-16-37(48-35)19-28(40-9)24(5)32(46-37)25(6)31(41-10)26(7)34(39)43-20-38(42-11)23(4)17-21(2)30(47-38)27-18-22(3)33(36)44-27/h21-33H,12-20H2,1-11H3. The fraction of sp³-hybridized carbons (Fsp3) is 0.974. The molecule has 0 aromatic rings. The summed E-state index contributed by atoms with van der Waals surface area (Å²) in [4.78, 5) is 13.8. The molecule has 9 bridgehead atoms. The molecule has 6 rings (SSSR count). The van der Waals surface area contributed by atoms with Gasteiger partial charge in [0, 0.05) is 51.9 Å². The minimum atomic E-state index is -1.08. The molecule has 48 heavy (non-hydrogen) atoms. The molecule has 6 aliphatic heterocycles. The van der Waals surface area contributed by atoms with E-state index < -0.39 is 34.8 Å².